The van der Waals surface area contributed by atoms with Crippen LogP contribution >= 0.6 is 0 Å². The fourth-order valence-corrected chi connectivity index (χ4v) is 1.69. The quantitative estimate of drug-likeness (QED) is 0.618. The van der Waals surface area contributed by atoms with Crippen molar-refractivity contribution in [3.8, 4) is 0 Å². The molecule has 0 heterocycles. The first-order chi connectivity index (χ1) is 7.34. The van der Waals surface area contributed by atoms with Crippen LogP contribution in [0.5, 0.6) is 0 Å². The standard InChI is InChI=1S/C10H11NO4S/c1-3-10(12)11-9-5-4-8(6-7(9)2)16(13,14)15/h3-6H,1H2,2H3,(H,11,12)(H,13,14,15). The molecular formula is C10H11NO4S. The summed E-state index contributed by atoms with van der Waals surface area (Å²) in [5.41, 5.74) is 1.00. The lowest BCUT2D eigenvalue weighted by Gasteiger charge is -2.07. The highest BCUT2D eigenvalue weighted by molar-refractivity contribution is 7.85. The molecule has 2 N–H and O–H groups in total. The molecular weight excluding hydrogens is 230 g/mol. The smallest absolute Gasteiger partial charge is 0.294 e. The van der Waals surface area contributed by atoms with Gasteiger partial charge in [0.1, 0.15) is 0 Å². The molecule has 1 rings (SSSR count). The molecule has 86 valence electrons. The summed E-state index contributed by atoms with van der Waals surface area (Å²) in [6.45, 7) is 4.91. The van der Waals surface area contributed by atoms with E-state index in [0.29, 0.717) is 11.3 Å². The highest BCUT2D eigenvalue weighted by Gasteiger charge is 2.11. The van der Waals surface area contributed by atoms with E-state index < -0.39 is 10.1 Å². The van der Waals surface area contributed by atoms with Crippen LogP contribution in [0.1, 0.15) is 5.56 Å². The molecule has 1 aromatic carbocycles. The van der Waals surface area contributed by atoms with Gasteiger partial charge in [-0.15, -0.1) is 0 Å². The van der Waals surface area contributed by atoms with Gasteiger partial charge in [-0.1, -0.05) is 6.58 Å². The summed E-state index contributed by atoms with van der Waals surface area (Å²) in [7, 11) is -4.21. The van der Waals surface area contributed by atoms with Gasteiger partial charge in [0.25, 0.3) is 10.1 Å². The lowest BCUT2D eigenvalue weighted by Crippen LogP contribution is -2.09. The van der Waals surface area contributed by atoms with Crippen molar-refractivity contribution in [3.05, 3.63) is 36.4 Å². The summed E-state index contributed by atoms with van der Waals surface area (Å²) < 4.78 is 30.5. The van der Waals surface area contributed by atoms with Crippen molar-refractivity contribution in [2.24, 2.45) is 0 Å². The number of rotatable bonds is 3. The van der Waals surface area contributed by atoms with Crippen molar-refractivity contribution in [2.75, 3.05) is 5.32 Å². The fraction of sp³-hybridized carbons (Fsp3) is 0.100. The van der Waals surface area contributed by atoms with Crippen molar-refractivity contribution in [2.45, 2.75) is 11.8 Å². The van der Waals surface area contributed by atoms with Gasteiger partial charge in [-0.05, 0) is 36.8 Å². The zero-order chi connectivity index (χ0) is 12.3. The van der Waals surface area contributed by atoms with Crippen LogP contribution in [-0.4, -0.2) is 18.9 Å². The number of nitrogens with one attached hydrogen (secondary N) is 1. The molecule has 0 aliphatic rings. The average Bonchev–Trinajstić information content (AvgIpc) is 2.19. The van der Waals surface area contributed by atoms with Crippen LogP contribution in [0.3, 0.4) is 0 Å². The van der Waals surface area contributed by atoms with Crippen molar-refractivity contribution in [3.63, 3.8) is 0 Å². The third-order valence-electron chi connectivity index (χ3n) is 1.94. The largest absolute Gasteiger partial charge is 0.322 e. The summed E-state index contributed by atoms with van der Waals surface area (Å²) in [5.74, 6) is -0.386. The molecule has 0 atom stereocenters. The molecule has 0 radical (unpaired) electrons. The van der Waals surface area contributed by atoms with Gasteiger partial charge in [-0.2, -0.15) is 8.42 Å². The molecule has 0 saturated heterocycles. The number of carbonyl (C=O) groups is 1. The third-order valence-corrected chi connectivity index (χ3v) is 2.79. The van der Waals surface area contributed by atoms with Crippen LogP contribution in [0.15, 0.2) is 35.7 Å². The molecule has 0 aromatic heterocycles. The predicted octanol–water partition coefficient (Wildman–Crippen LogP) is 1.37. The van der Waals surface area contributed by atoms with Crippen molar-refractivity contribution >= 4 is 21.7 Å². The first kappa shape index (κ1) is 12.4. The van der Waals surface area contributed by atoms with Crippen LogP contribution in [0.4, 0.5) is 5.69 Å². The Bertz CT molecular complexity index is 534. The minimum atomic E-state index is -4.21. The van der Waals surface area contributed by atoms with Crippen LogP contribution in [0.25, 0.3) is 0 Å². The minimum Gasteiger partial charge on any atom is -0.322 e. The number of hydrogen-bond donors (Lipinski definition) is 2. The SMILES string of the molecule is C=CC(=O)Nc1ccc(S(=O)(=O)O)cc1C. The summed E-state index contributed by atoms with van der Waals surface area (Å²) in [6, 6.07) is 3.88. The Morgan fingerprint density at radius 1 is 1.50 bits per heavy atom. The minimum absolute atomic E-state index is 0.207. The molecule has 1 amide bonds. The first-order valence-electron chi connectivity index (χ1n) is 4.36. The molecule has 5 nitrogen and oxygen atoms in total. The van der Waals surface area contributed by atoms with Gasteiger partial charge in [-0.25, -0.2) is 0 Å². The first-order valence-corrected chi connectivity index (χ1v) is 5.80. The van der Waals surface area contributed by atoms with Gasteiger partial charge in [0.2, 0.25) is 5.91 Å². The number of aryl methyl sites for hydroxylation is 1. The monoisotopic (exact) mass is 241 g/mol. The average molecular weight is 241 g/mol. The predicted molar refractivity (Wildman–Crippen MR) is 59.8 cm³/mol. The van der Waals surface area contributed by atoms with E-state index >= 15 is 0 Å². The van der Waals surface area contributed by atoms with Crippen molar-refractivity contribution in [1.82, 2.24) is 0 Å². The van der Waals surface area contributed by atoms with E-state index in [4.69, 9.17) is 4.55 Å². The fourth-order valence-electron chi connectivity index (χ4n) is 1.12. The molecule has 0 aliphatic carbocycles. The van der Waals surface area contributed by atoms with Gasteiger partial charge in [0.15, 0.2) is 0 Å². The van der Waals surface area contributed by atoms with Gasteiger partial charge < -0.3 is 5.32 Å². The molecule has 0 unspecified atom stereocenters. The van der Waals surface area contributed by atoms with E-state index in [9.17, 15) is 13.2 Å². The van der Waals surface area contributed by atoms with E-state index in [1.165, 1.54) is 18.2 Å². The molecule has 1 aromatic rings. The lowest BCUT2D eigenvalue weighted by atomic mass is 10.2. The van der Waals surface area contributed by atoms with Crippen LogP contribution < -0.4 is 5.32 Å². The Morgan fingerprint density at radius 2 is 2.12 bits per heavy atom. The maximum atomic E-state index is 11.0. The van der Waals surface area contributed by atoms with Gasteiger partial charge in [-0.3, -0.25) is 9.35 Å². The van der Waals surface area contributed by atoms with Crippen LogP contribution in [0, 0.1) is 6.92 Å². The van der Waals surface area contributed by atoms with Gasteiger partial charge >= 0.3 is 0 Å². The molecule has 0 bridgehead atoms. The second-order valence-electron chi connectivity index (χ2n) is 3.15. The maximum Gasteiger partial charge on any atom is 0.294 e. The highest BCUT2D eigenvalue weighted by Crippen LogP contribution is 2.19. The summed E-state index contributed by atoms with van der Waals surface area (Å²) >= 11 is 0. The zero-order valence-corrected chi connectivity index (χ0v) is 9.41. The van der Waals surface area contributed by atoms with Crippen molar-refractivity contribution < 1.29 is 17.8 Å². The second kappa shape index (κ2) is 4.46. The molecule has 6 heteroatoms. The topological polar surface area (TPSA) is 83.5 Å². The van der Waals surface area contributed by atoms with E-state index in [-0.39, 0.29) is 10.8 Å². The molecule has 0 spiro atoms. The van der Waals surface area contributed by atoms with E-state index in [0.717, 1.165) is 6.08 Å². The Hall–Kier alpha value is -1.66. The summed E-state index contributed by atoms with van der Waals surface area (Å²) in [4.78, 5) is 10.8. The summed E-state index contributed by atoms with van der Waals surface area (Å²) in [6.07, 6.45) is 1.11. The normalized spacial score (nSPS) is 10.9. The van der Waals surface area contributed by atoms with Crippen molar-refractivity contribution in [1.29, 1.82) is 0 Å². The second-order valence-corrected chi connectivity index (χ2v) is 4.57. The number of carbonyl (C=O) groups excluding carboxylic acids is 1. The van der Waals surface area contributed by atoms with Gasteiger partial charge in [0, 0.05) is 5.69 Å². The lowest BCUT2D eigenvalue weighted by molar-refractivity contribution is -0.111. The molecule has 0 aliphatic heterocycles. The van der Waals surface area contributed by atoms with Gasteiger partial charge in [0.05, 0.1) is 4.90 Å². The van der Waals surface area contributed by atoms with E-state index in [2.05, 4.69) is 11.9 Å². The molecule has 0 saturated carbocycles. The number of hydrogen-bond acceptors (Lipinski definition) is 3. The number of benzene rings is 1. The Morgan fingerprint density at radius 3 is 2.56 bits per heavy atom. The highest BCUT2D eigenvalue weighted by atomic mass is 32.2. The molecule has 16 heavy (non-hydrogen) atoms. The maximum absolute atomic E-state index is 11.0. The number of anilines is 1. The zero-order valence-electron chi connectivity index (χ0n) is 8.60. The van der Waals surface area contributed by atoms with Crippen LogP contribution in [-0.2, 0) is 14.9 Å². The Labute approximate surface area is 93.5 Å². The van der Waals surface area contributed by atoms with E-state index in [1.54, 1.807) is 6.92 Å². The summed E-state index contributed by atoms with van der Waals surface area (Å²) in [5, 5.41) is 2.51. The Kier molecular flexibility index (Phi) is 3.46. The van der Waals surface area contributed by atoms with Crippen LogP contribution in [0.2, 0.25) is 0 Å². The Balaban J connectivity index is 3.10. The number of amides is 1. The van der Waals surface area contributed by atoms with E-state index in [1.807, 2.05) is 0 Å². The molecule has 0 fully saturated rings. The third kappa shape index (κ3) is 2.91.